The van der Waals surface area contributed by atoms with Crippen molar-refractivity contribution in [1.29, 1.82) is 0 Å². The molecule has 2 aromatic carbocycles. The predicted octanol–water partition coefficient (Wildman–Crippen LogP) is 4.89. The first-order valence-electron chi connectivity index (χ1n) is 11.1. The molecule has 7 heteroatoms. The van der Waals surface area contributed by atoms with Crippen LogP contribution in [0.25, 0.3) is 21.7 Å². The van der Waals surface area contributed by atoms with Gasteiger partial charge >= 0.3 is 0 Å². The van der Waals surface area contributed by atoms with Crippen molar-refractivity contribution in [1.82, 2.24) is 14.2 Å². The molecule has 0 radical (unpaired) electrons. The highest BCUT2D eigenvalue weighted by Gasteiger charge is 2.37. The number of benzene rings is 2. The van der Waals surface area contributed by atoms with Crippen LogP contribution in [0.15, 0.2) is 89.3 Å². The van der Waals surface area contributed by atoms with Gasteiger partial charge in [-0.1, -0.05) is 54.6 Å². The van der Waals surface area contributed by atoms with Crippen LogP contribution in [0.2, 0.25) is 0 Å². The lowest BCUT2D eigenvalue weighted by atomic mass is 10.0. The zero-order chi connectivity index (χ0) is 22.4. The van der Waals surface area contributed by atoms with Gasteiger partial charge in [0.05, 0.1) is 16.6 Å². The Morgan fingerprint density at radius 1 is 0.758 bits per heavy atom. The lowest BCUT2D eigenvalue weighted by Crippen LogP contribution is -2.49. The molecule has 1 aliphatic carbocycles. The third-order valence-electron chi connectivity index (χ3n) is 6.53. The van der Waals surface area contributed by atoms with Crippen molar-refractivity contribution in [2.24, 2.45) is 0 Å². The molecule has 0 saturated carbocycles. The van der Waals surface area contributed by atoms with Gasteiger partial charge in [0.15, 0.2) is 0 Å². The standard InChI is InChI=1S/C26H23N3O2S2/c30-33(31,25-13-12-24(32-25)23-11-5-6-14-27-23)29-17-15-28(16-18-29)26-21-9-3-1-7-19(21)20-8-2-4-10-22(20)26/h1-14,26H,15-18H2. The van der Waals surface area contributed by atoms with Gasteiger partial charge in [0.2, 0.25) is 0 Å². The molecule has 6 rings (SSSR count). The van der Waals surface area contributed by atoms with Gasteiger partial charge in [0.25, 0.3) is 10.0 Å². The minimum absolute atomic E-state index is 0.180. The molecule has 0 bridgehead atoms. The van der Waals surface area contributed by atoms with Crippen molar-refractivity contribution in [3.63, 3.8) is 0 Å². The Labute approximate surface area is 198 Å². The summed E-state index contributed by atoms with van der Waals surface area (Å²) in [5.74, 6) is 0. The van der Waals surface area contributed by atoms with Crippen LogP contribution in [-0.2, 0) is 10.0 Å². The lowest BCUT2D eigenvalue weighted by molar-refractivity contribution is 0.158. The molecule has 4 aromatic rings. The molecular formula is C26H23N3O2S2. The van der Waals surface area contributed by atoms with Crippen molar-refractivity contribution in [2.75, 3.05) is 26.2 Å². The van der Waals surface area contributed by atoms with Crippen LogP contribution in [0, 0.1) is 0 Å². The molecule has 166 valence electrons. The summed E-state index contributed by atoms with van der Waals surface area (Å²) < 4.78 is 28.7. The molecule has 33 heavy (non-hydrogen) atoms. The molecule has 1 aliphatic heterocycles. The summed E-state index contributed by atoms with van der Waals surface area (Å²) in [7, 11) is -3.52. The highest BCUT2D eigenvalue weighted by atomic mass is 32.2. The van der Waals surface area contributed by atoms with Gasteiger partial charge in [-0.3, -0.25) is 9.88 Å². The zero-order valence-corrected chi connectivity index (χ0v) is 19.6. The summed E-state index contributed by atoms with van der Waals surface area (Å²) in [6.07, 6.45) is 1.72. The number of aromatic nitrogens is 1. The highest BCUT2D eigenvalue weighted by molar-refractivity contribution is 7.91. The Morgan fingerprint density at radius 2 is 1.39 bits per heavy atom. The largest absolute Gasteiger partial charge is 0.290 e. The number of hydrogen-bond donors (Lipinski definition) is 0. The van der Waals surface area contributed by atoms with Crippen molar-refractivity contribution >= 4 is 21.4 Å². The number of piperazine rings is 1. The number of rotatable bonds is 4. The van der Waals surface area contributed by atoms with Crippen LogP contribution < -0.4 is 0 Å². The van der Waals surface area contributed by atoms with E-state index in [9.17, 15) is 8.42 Å². The fourth-order valence-electron chi connectivity index (χ4n) is 4.96. The zero-order valence-electron chi connectivity index (χ0n) is 18.0. The van der Waals surface area contributed by atoms with Crippen LogP contribution in [0.4, 0.5) is 0 Å². The number of hydrogen-bond acceptors (Lipinski definition) is 5. The van der Waals surface area contributed by atoms with Gasteiger partial charge < -0.3 is 0 Å². The van der Waals surface area contributed by atoms with E-state index in [0.29, 0.717) is 30.4 Å². The monoisotopic (exact) mass is 473 g/mol. The highest BCUT2D eigenvalue weighted by Crippen LogP contribution is 2.46. The smallest absolute Gasteiger partial charge is 0.252 e. The van der Waals surface area contributed by atoms with Crippen molar-refractivity contribution in [2.45, 2.75) is 10.3 Å². The molecule has 0 unspecified atom stereocenters. The van der Waals surface area contributed by atoms with E-state index in [1.54, 1.807) is 16.6 Å². The Balaban J connectivity index is 1.22. The fourth-order valence-corrected chi connectivity index (χ4v) is 7.82. The maximum Gasteiger partial charge on any atom is 0.252 e. The van der Waals surface area contributed by atoms with Crippen molar-refractivity contribution in [3.05, 3.63) is 96.2 Å². The molecule has 1 saturated heterocycles. The molecule has 0 atom stereocenters. The van der Waals surface area contributed by atoms with E-state index in [1.165, 1.54) is 33.6 Å². The molecule has 0 spiro atoms. The molecule has 1 fully saturated rings. The van der Waals surface area contributed by atoms with E-state index in [0.717, 1.165) is 10.6 Å². The summed E-state index contributed by atoms with van der Waals surface area (Å²) in [4.78, 5) is 7.63. The molecule has 0 amide bonds. The Morgan fingerprint density at radius 3 is 2.03 bits per heavy atom. The first-order chi connectivity index (χ1) is 16.1. The summed E-state index contributed by atoms with van der Waals surface area (Å²) >= 11 is 1.29. The van der Waals surface area contributed by atoms with Crippen LogP contribution in [0.1, 0.15) is 17.2 Å². The van der Waals surface area contributed by atoms with Gasteiger partial charge in [-0.2, -0.15) is 4.31 Å². The van der Waals surface area contributed by atoms with E-state index in [-0.39, 0.29) is 6.04 Å². The van der Waals surface area contributed by atoms with Gasteiger partial charge in [0.1, 0.15) is 4.21 Å². The van der Waals surface area contributed by atoms with E-state index in [4.69, 9.17) is 0 Å². The number of fused-ring (bicyclic) bond motifs is 3. The van der Waals surface area contributed by atoms with Crippen LogP contribution in [0.3, 0.4) is 0 Å². The molecule has 2 aromatic heterocycles. The van der Waals surface area contributed by atoms with Gasteiger partial charge in [-0.15, -0.1) is 11.3 Å². The van der Waals surface area contributed by atoms with E-state index in [1.807, 2.05) is 24.3 Å². The summed E-state index contributed by atoms with van der Waals surface area (Å²) in [6, 6.07) is 26.5. The van der Waals surface area contributed by atoms with Crippen LogP contribution >= 0.6 is 11.3 Å². The third kappa shape index (κ3) is 3.52. The fraction of sp³-hybridized carbons (Fsp3) is 0.192. The van der Waals surface area contributed by atoms with Crippen LogP contribution in [-0.4, -0.2) is 48.8 Å². The maximum absolute atomic E-state index is 13.4. The average molecular weight is 474 g/mol. The second-order valence-corrected chi connectivity index (χ2v) is 11.6. The van der Waals surface area contributed by atoms with E-state index >= 15 is 0 Å². The van der Waals surface area contributed by atoms with Crippen molar-refractivity contribution in [3.8, 4) is 21.7 Å². The second-order valence-electron chi connectivity index (χ2n) is 8.35. The van der Waals surface area contributed by atoms with Gasteiger partial charge in [0, 0.05) is 32.4 Å². The van der Waals surface area contributed by atoms with Crippen LogP contribution in [0.5, 0.6) is 0 Å². The first kappa shape index (κ1) is 20.7. The summed E-state index contributed by atoms with van der Waals surface area (Å²) in [5, 5.41) is 0. The first-order valence-corrected chi connectivity index (χ1v) is 13.3. The Bertz CT molecular complexity index is 1360. The molecule has 3 heterocycles. The van der Waals surface area contributed by atoms with Crippen molar-refractivity contribution < 1.29 is 8.42 Å². The average Bonchev–Trinajstić information content (AvgIpc) is 3.49. The Hall–Kier alpha value is -2.84. The maximum atomic E-state index is 13.4. The number of thiophene rings is 1. The Kier molecular flexibility index (Phi) is 5.14. The molecule has 0 N–H and O–H groups in total. The number of sulfonamides is 1. The normalized spacial score (nSPS) is 17.1. The quantitative estimate of drug-likeness (QED) is 0.424. The summed E-state index contributed by atoms with van der Waals surface area (Å²) in [6.45, 7) is 2.37. The molecule has 5 nitrogen and oxygen atoms in total. The topological polar surface area (TPSA) is 53.5 Å². The van der Waals surface area contributed by atoms with Gasteiger partial charge in [-0.05, 0) is 46.5 Å². The lowest BCUT2D eigenvalue weighted by Gasteiger charge is -2.38. The SMILES string of the molecule is O=S(=O)(c1ccc(-c2ccccn2)s1)N1CCN(C2c3ccccc3-c3ccccc32)CC1. The van der Waals surface area contributed by atoms with E-state index < -0.39 is 10.0 Å². The minimum Gasteiger partial charge on any atom is -0.290 e. The predicted molar refractivity (Wildman–Crippen MR) is 132 cm³/mol. The molecule has 2 aliphatic rings. The minimum atomic E-state index is -3.52. The number of pyridine rings is 1. The number of nitrogens with zero attached hydrogens (tertiary/aromatic N) is 3. The van der Waals surface area contributed by atoms with Gasteiger partial charge in [-0.25, -0.2) is 8.42 Å². The van der Waals surface area contributed by atoms with E-state index in [2.05, 4.69) is 58.4 Å². The summed E-state index contributed by atoms with van der Waals surface area (Å²) in [5.41, 5.74) is 6.00. The molecular weight excluding hydrogens is 450 g/mol. The third-order valence-corrected chi connectivity index (χ3v) is 10.0. The second kappa shape index (κ2) is 8.18.